The minimum atomic E-state index is -0.657. The van der Waals surface area contributed by atoms with Crippen LogP contribution in [0.3, 0.4) is 0 Å². The van der Waals surface area contributed by atoms with Crippen molar-refractivity contribution in [2.24, 2.45) is 0 Å². The molecule has 0 bridgehead atoms. The Morgan fingerprint density at radius 1 is 0.947 bits per heavy atom. The minimum Gasteiger partial charge on any atom is -0.491 e. The lowest BCUT2D eigenvalue weighted by atomic mass is 10.1. The Morgan fingerprint density at radius 3 is 2.61 bits per heavy atom. The molecule has 0 spiro atoms. The van der Waals surface area contributed by atoms with Gasteiger partial charge in [0.25, 0.3) is 11.1 Å². The van der Waals surface area contributed by atoms with Gasteiger partial charge in [-0.2, -0.15) is 0 Å². The third-order valence-corrected chi connectivity index (χ3v) is 6.59. The van der Waals surface area contributed by atoms with Crippen LogP contribution in [0, 0.1) is 0 Å². The van der Waals surface area contributed by atoms with E-state index in [4.69, 9.17) is 18.6 Å². The van der Waals surface area contributed by atoms with E-state index in [0.29, 0.717) is 23.7 Å². The average molecular weight is 530 g/mol. The number of imide groups is 1. The summed E-state index contributed by atoms with van der Waals surface area (Å²) in [4.78, 5) is 39.3. The summed E-state index contributed by atoms with van der Waals surface area (Å²) >= 11 is 0.862. The van der Waals surface area contributed by atoms with Gasteiger partial charge in [0.1, 0.15) is 12.4 Å². The van der Waals surface area contributed by atoms with Gasteiger partial charge in [-0.25, -0.2) is 4.79 Å². The van der Waals surface area contributed by atoms with Gasteiger partial charge in [0.15, 0.2) is 11.5 Å². The van der Waals surface area contributed by atoms with Gasteiger partial charge in [0.2, 0.25) is 5.76 Å². The van der Waals surface area contributed by atoms with Crippen LogP contribution in [0.5, 0.6) is 17.2 Å². The van der Waals surface area contributed by atoms with Crippen molar-refractivity contribution in [2.45, 2.75) is 6.92 Å². The number of furan rings is 1. The quantitative estimate of drug-likeness (QED) is 0.144. The molecule has 2 heterocycles. The highest BCUT2D eigenvalue weighted by Gasteiger charge is 2.35. The molecule has 0 saturated carbocycles. The first-order valence-corrected chi connectivity index (χ1v) is 12.7. The second kappa shape index (κ2) is 11.3. The molecule has 0 radical (unpaired) electrons. The van der Waals surface area contributed by atoms with E-state index in [1.165, 1.54) is 17.2 Å². The first-order chi connectivity index (χ1) is 18.5. The SMILES string of the molecule is CCOc1cc(/C=C2\SC(=O)N(CCOc3cccc4ccccc34)C2=O)ccc1OC(=O)c1ccco1. The van der Waals surface area contributed by atoms with Crippen LogP contribution in [-0.2, 0) is 4.79 Å². The van der Waals surface area contributed by atoms with Gasteiger partial charge in [0.05, 0.1) is 24.3 Å². The number of carbonyl (C=O) groups is 3. The maximum absolute atomic E-state index is 13.0. The zero-order valence-electron chi connectivity index (χ0n) is 20.4. The zero-order chi connectivity index (χ0) is 26.5. The number of carbonyl (C=O) groups excluding carboxylic acids is 3. The lowest BCUT2D eigenvalue weighted by molar-refractivity contribution is -0.123. The monoisotopic (exact) mass is 529 g/mol. The van der Waals surface area contributed by atoms with E-state index in [0.717, 1.165) is 22.5 Å². The van der Waals surface area contributed by atoms with Crippen molar-refractivity contribution >= 4 is 45.7 Å². The second-order valence-electron chi connectivity index (χ2n) is 8.17. The van der Waals surface area contributed by atoms with Crippen LogP contribution in [0.4, 0.5) is 4.79 Å². The predicted molar refractivity (Wildman–Crippen MR) is 143 cm³/mol. The number of hydrogen-bond acceptors (Lipinski definition) is 8. The summed E-state index contributed by atoms with van der Waals surface area (Å²) in [5.41, 5.74) is 0.615. The number of amides is 2. The van der Waals surface area contributed by atoms with Crippen LogP contribution in [-0.4, -0.2) is 41.8 Å². The maximum Gasteiger partial charge on any atom is 0.379 e. The number of nitrogens with zero attached hydrogens (tertiary/aromatic N) is 1. The van der Waals surface area contributed by atoms with Crippen LogP contribution in [0.15, 0.2) is 88.4 Å². The summed E-state index contributed by atoms with van der Waals surface area (Å²) in [5, 5.41) is 1.65. The molecule has 2 amide bonds. The van der Waals surface area contributed by atoms with Gasteiger partial charge < -0.3 is 18.6 Å². The number of benzene rings is 3. The Labute approximate surface area is 222 Å². The first kappa shape index (κ1) is 25.2. The molecule has 5 rings (SSSR count). The topological polar surface area (TPSA) is 95.3 Å². The molecule has 1 aliphatic rings. The Morgan fingerprint density at radius 2 is 1.79 bits per heavy atom. The van der Waals surface area contributed by atoms with Crippen molar-refractivity contribution in [3.8, 4) is 17.2 Å². The van der Waals surface area contributed by atoms with E-state index < -0.39 is 11.9 Å². The third kappa shape index (κ3) is 5.42. The van der Waals surface area contributed by atoms with Crippen molar-refractivity contribution in [1.82, 2.24) is 4.90 Å². The highest BCUT2D eigenvalue weighted by molar-refractivity contribution is 8.18. The molecule has 0 aliphatic carbocycles. The second-order valence-corrected chi connectivity index (χ2v) is 9.16. The van der Waals surface area contributed by atoms with E-state index in [1.54, 1.807) is 37.3 Å². The molecule has 0 atom stereocenters. The molecule has 8 nitrogen and oxygen atoms in total. The van der Waals surface area contributed by atoms with E-state index >= 15 is 0 Å². The van der Waals surface area contributed by atoms with Crippen molar-refractivity contribution in [1.29, 1.82) is 0 Å². The summed E-state index contributed by atoms with van der Waals surface area (Å²) in [6.45, 7) is 2.43. The van der Waals surface area contributed by atoms with Gasteiger partial charge in [-0.05, 0) is 66.0 Å². The van der Waals surface area contributed by atoms with Crippen LogP contribution >= 0.6 is 11.8 Å². The molecule has 1 aromatic heterocycles. The molecule has 3 aromatic carbocycles. The standard InChI is InChI=1S/C29H23NO7S/c1-2-34-25-17-19(12-13-23(25)37-28(32)24-11-6-15-35-24)18-26-27(31)30(29(33)38-26)14-16-36-22-10-5-8-20-7-3-4-9-21(20)22/h3-13,15,17-18H,2,14,16H2,1H3/b26-18-. The molecule has 0 unspecified atom stereocenters. The molecular weight excluding hydrogens is 506 g/mol. The molecule has 192 valence electrons. The number of fused-ring (bicyclic) bond motifs is 1. The summed E-state index contributed by atoms with van der Waals surface area (Å²) in [6, 6.07) is 21.6. The molecule has 38 heavy (non-hydrogen) atoms. The van der Waals surface area contributed by atoms with Gasteiger partial charge in [-0.1, -0.05) is 42.5 Å². The van der Waals surface area contributed by atoms with Crippen LogP contribution in [0.2, 0.25) is 0 Å². The predicted octanol–water partition coefficient (Wildman–Crippen LogP) is 6.17. The number of thioether (sulfide) groups is 1. The largest absolute Gasteiger partial charge is 0.491 e. The van der Waals surface area contributed by atoms with Gasteiger partial charge >= 0.3 is 5.97 Å². The van der Waals surface area contributed by atoms with Crippen molar-refractivity contribution in [3.63, 3.8) is 0 Å². The Hall–Kier alpha value is -4.50. The van der Waals surface area contributed by atoms with Crippen molar-refractivity contribution < 1.29 is 33.0 Å². The van der Waals surface area contributed by atoms with Crippen LogP contribution < -0.4 is 14.2 Å². The fourth-order valence-corrected chi connectivity index (χ4v) is 4.79. The third-order valence-electron chi connectivity index (χ3n) is 5.69. The van der Waals surface area contributed by atoms with E-state index in [1.807, 2.05) is 42.5 Å². The highest BCUT2D eigenvalue weighted by atomic mass is 32.2. The Balaban J connectivity index is 1.26. The molecule has 1 aliphatic heterocycles. The highest BCUT2D eigenvalue weighted by Crippen LogP contribution is 2.35. The smallest absolute Gasteiger partial charge is 0.379 e. The fourth-order valence-electron chi connectivity index (χ4n) is 3.92. The van der Waals surface area contributed by atoms with Crippen molar-refractivity contribution in [3.05, 3.63) is 95.3 Å². The molecule has 1 saturated heterocycles. The summed E-state index contributed by atoms with van der Waals surface area (Å²) in [6.07, 6.45) is 2.99. The van der Waals surface area contributed by atoms with E-state index in [2.05, 4.69) is 0 Å². The van der Waals surface area contributed by atoms with Gasteiger partial charge in [-0.15, -0.1) is 0 Å². The first-order valence-electron chi connectivity index (χ1n) is 11.9. The van der Waals surface area contributed by atoms with Gasteiger partial charge in [0, 0.05) is 5.39 Å². The number of esters is 1. The zero-order valence-corrected chi connectivity index (χ0v) is 21.2. The van der Waals surface area contributed by atoms with Crippen LogP contribution in [0.25, 0.3) is 16.8 Å². The summed E-state index contributed by atoms with van der Waals surface area (Å²) < 4.78 is 22.0. The van der Waals surface area contributed by atoms with E-state index in [9.17, 15) is 14.4 Å². The van der Waals surface area contributed by atoms with Gasteiger partial charge in [-0.3, -0.25) is 14.5 Å². The normalized spacial score (nSPS) is 14.3. The van der Waals surface area contributed by atoms with Crippen molar-refractivity contribution in [2.75, 3.05) is 19.8 Å². The molecule has 9 heteroatoms. The molecular formula is C29H23NO7S. The Kier molecular flexibility index (Phi) is 7.46. The number of hydrogen-bond donors (Lipinski definition) is 0. The lowest BCUT2D eigenvalue weighted by Crippen LogP contribution is -2.32. The Bertz CT molecular complexity index is 1520. The van der Waals surface area contributed by atoms with Crippen LogP contribution in [0.1, 0.15) is 23.0 Å². The average Bonchev–Trinajstić information content (AvgIpc) is 3.55. The fraction of sp³-hybridized carbons (Fsp3) is 0.138. The minimum absolute atomic E-state index is 0.0645. The van der Waals surface area contributed by atoms with E-state index in [-0.39, 0.29) is 34.8 Å². The lowest BCUT2D eigenvalue weighted by Gasteiger charge is -2.14. The summed E-state index contributed by atoms with van der Waals surface area (Å²) in [5.74, 6) is 0.243. The maximum atomic E-state index is 13.0. The molecule has 1 fully saturated rings. The molecule has 4 aromatic rings. The number of ether oxygens (including phenoxy) is 3. The molecule has 0 N–H and O–H groups in total. The number of rotatable bonds is 9. The summed E-state index contributed by atoms with van der Waals surface area (Å²) in [7, 11) is 0.